The summed E-state index contributed by atoms with van der Waals surface area (Å²) in [5, 5.41) is 3.61. The number of benzene rings is 2. The Hall–Kier alpha value is -2.40. The van der Waals surface area contributed by atoms with E-state index in [9.17, 15) is 9.59 Å². The summed E-state index contributed by atoms with van der Waals surface area (Å²) in [6.07, 6.45) is 3.40. The third kappa shape index (κ3) is 2.90. The predicted octanol–water partition coefficient (Wildman–Crippen LogP) is 5.00. The van der Waals surface area contributed by atoms with Gasteiger partial charge in [0.05, 0.1) is 5.52 Å². The first kappa shape index (κ1) is 18.0. The number of para-hydroxylation sites is 1. The Morgan fingerprint density at radius 1 is 1.33 bits per heavy atom. The maximum absolute atomic E-state index is 13.0. The molecule has 5 heteroatoms. The Kier molecular flexibility index (Phi) is 4.42. The second-order valence-corrected chi connectivity index (χ2v) is 8.13. The zero-order chi connectivity index (χ0) is 19.3. The van der Waals surface area contributed by atoms with E-state index in [1.54, 1.807) is 6.20 Å². The number of pyridine rings is 1. The number of aromatic nitrogens is 1. The molecule has 1 aliphatic heterocycles. The Bertz CT molecular complexity index is 1150. The van der Waals surface area contributed by atoms with E-state index in [1.165, 1.54) is 5.56 Å². The molecule has 0 spiro atoms. The molecule has 0 saturated carbocycles. The summed E-state index contributed by atoms with van der Waals surface area (Å²) in [7, 11) is 0. The number of nitrogens with one attached hydrogen (secondary N) is 1. The molecule has 1 aliphatic rings. The summed E-state index contributed by atoms with van der Waals surface area (Å²) in [4.78, 5) is 26.1. The molecule has 0 fully saturated rings. The lowest BCUT2D eigenvalue weighted by Crippen LogP contribution is -2.24. The third-order valence-electron chi connectivity index (χ3n) is 5.37. The van der Waals surface area contributed by atoms with Crippen LogP contribution < -0.4 is 10.7 Å². The van der Waals surface area contributed by atoms with Crippen LogP contribution >= 0.6 is 15.9 Å². The van der Waals surface area contributed by atoms with E-state index in [4.69, 9.17) is 0 Å². The van der Waals surface area contributed by atoms with Crippen LogP contribution in [0.3, 0.4) is 0 Å². The maximum Gasteiger partial charge on any atom is 0.261 e. The number of aryl methyl sites for hydroxylation is 2. The van der Waals surface area contributed by atoms with Crippen LogP contribution in [-0.2, 0) is 12.8 Å². The number of halogens is 1. The van der Waals surface area contributed by atoms with Gasteiger partial charge in [-0.3, -0.25) is 9.59 Å². The number of amides is 1. The first-order valence-electron chi connectivity index (χ1n) is 9.17. The standard InChI is InChI=1S/C22H21BrN2O2/c1-4-14-10-16(23)8-12(2)19(14)24-22(27)18-11-25-13(3)9-15-6-5-7-17(20(15)25)21(18)26/h5-8,10-11,13H,4,9H2,1-3H3,(H,24,27)/t13-/m1/s1. The molecule has 0 aliphatic carbocycles. The number of carbonyl (C=O) groups is 1. The zero-order valence-electron chi connectivity index (χ0n) is 15.6. The molecule has 0 unspecified atom stereocenters. The van der Waals surface area contributed by atoms with Crippen molar-refractivity contribution < 1.29 is 4.79 Å². The van der Waals surface area contributed by atoms with Gasteiger partial charge in [-0.1, -0.05) is 35.0 Å². The van der Waals surface area contributed by atoms with E-state index >= 15 is 0 Å². The summed E-state index contributed by atoms with van der Waals surface area (Å²) in [6, 6.07) is 9.98. The molecule has 27 heavy (non-hydrogen) atoms. The van der Waals surface area contributed by atoms with Gasteiger partial charge < -0.3 is 9.88 Å². The van der Waals surface area contributed by atoms with Crippen LogP contribution in [0.2, 0.25) is 0 Å². The quantitative estimate of drug-likeness (QED) is 0.642. The van der Waals surface area contributed by atoms with Crippen LogP contribution in [0.1, 0.15) is 46.9 Å². The molecular weight excluding hydrogens is 404 g/mol. The number of nitrogens with zero attached hydrogens (tertiary/aromatic N) is 1. The topological polar surface area (TPSA) is 51.1 Å². The maximum atomic E-state index is 13.0. The molecule has 2 aromatic carbocycles. The molecule has 138 valence electrons. The molecule has 3 aromatic rings. The lowest BCUT2D eigenvalue weighted by Gasteiger charge is -2.16. The number of hydrogen-bond acceptors (Lipinski definition) is 2. The van der Waals surface area contributed by atoms with Crippen molar-refractivity contribution in [1.29, 1.82) is 0 Å². The second-order valence-electron chi connectivity index (χ2n) is 7.21. The Morgan fingerprint density at radius 3 is 2.85 bits per heavy atom. The minimum Gasteiger partial charge on any atom is -0.343 e. The lowest BCUT2D eigenvalue weighted by atomic mass is 10.0. The normalized spacial score (nSPS) is 15.3. The number of hydrogen-bond donors (Lipinski definition) is 1. The van der Waals surface area contributed by atoms with Gasteiger partial charge >= 0.3 is 0 Å². The molecule has 1 amide bonds. The fourth-order valence-electron chi connectivity index (χ4n) is 4.03. The molecular formula is C22H21BrN2O2. The summed E-state index contributed by atoms with van der Waals surface area (Å²) in [6.45, 7) is 6.12. The van der Waals surface area contributed by atoms with E-state index in [0.717, 1.165) is 39.6 Å². The van der Waals surface area contributed by atoms with Crippen LogP contribution in [0, 0.1) is 6.92 Å². The average molecular weight is 425 g/mol. The molecule has 0 bridgehead atoms. The number of carbonyl (C=O) groups excluding carboxylic acids is 1. The van der Waals surface area contributed by atoms with Crippen molar-refractivity contribution in [3.63, 3.8) is 0 Å². The predicted molar refractivity (Wildman–Crippen MR) is 113 cm³/mol. The lowest BCUT2D eigenvalue weighted by molar-refractivity contribution is 0.102. The summed E-state index contributed by atoms with van der Waals surface area (Å²) < 4.78 is 3.05. The molecule has 0 radical (unpaired) electrons. The van der Waals surface area contributed by atoms with Gasteiger partial charge in [-0.15, -0.1) is 0 Å². The largest absolute Gasteiger partial charge is 0.343 e. The van der Waals surface area contributed by atoms with Gasteiger partial charge in [0, 0.05) is 27.8 Å². The van der Waals surface area contributed by atoms with Gasteiger partial charge in [-0.2, -0.15) is 0 Å². The van der Waals surface area contributed by atoms with Gasteiger partial charge in [0.1, 0.15) is 5.56 Å². The van der Waals surface area contributed by atoms with Crippen molar-refractivity contribution in [2.75, 3.05) is 5.32 Å². The Balaban J connectivity index is 1.82. The Morgan fingerprint density at radius 2 is 2.11 bits per heavy atom. The average Bonchev–Trinajstić information content (AvgIpc) is 2.96. The number of anilines is 1. The molecule has 0 saturated heterocycles. The van der Waals surface area contributed by atoms with Crippen molar-refractivity contribution >= 4 is 38.4 Å². The molecule has 1 aromatic heterocycles. The molecule has 2 heterocycles. The molecule has 1 atom stereocenters. The first-order valence-corrected chi connectivity index (χ1v) is 9.97. The van der Waals surface area contributed by atoms with Gasteiger partial charge in [0.15, 0.2) is 0 Å². The highest BCUT2D eigenvalue weighted by atomic mass is 79.9. The van der Waals surface area contributed by atoms with Crippen LogP contribution in [0.5, 0.6) is 0 Å². The van der Waals surface area contributed by atoms with Crippen molar-refractivity contribution in [3.05, 3.63) is 73.5 Å². The van der Waals surface area contributed by atoms with Crippen molar-refractivity contribution in [2.45, 2.75) is 39.7 Å². The summed E-state index contributed by atoms with van der Waals surface area (Å²) in [5.74, 6) is -0.352. The third-order valence-corrected chi connectivity index (χ3v) is 5.83. The van der Waals surface area contributed by atoms with Gasteiger partial charge in [-0.25, -0.2) is 0 Å². The van der Waals surface area contributed by atoms with E-state index in [0.29, 0.717) is 5.39 Å². The van der Waals surface area contributed by atoms with Crippen molar-refractivity contribution in [1.82, 2.24) is 4.57 Å². The van der Waals surface area contributed by atoms with E-state index in [-0.39, 0.29) is 22.9 Å². The van der Waals surface area contributed by atoms with Gasteiger partial charge in [0.2, 0.25) is 5.43 Å². The number of rotatable bonds is 3. The molecule has 4 rings (SSSR count). The van der Waals surface area contributed by atoms with Crippen LogP contribution in [0.4, 0.5) is 5.69 Å². The summed E-state index contributed by atoms with van der Waals surface area (Å²) >= 11 is 3.50. The monoisotopic (exact) mass is 424 g/mol. The minimum absolute atomic E-state index is 0.192. The molecule has 4 nitrogen and oxygen atoms in total. The molecule has 1 N–H and O–H groups in total. The zero-order valence-corrected chi connectivity index (χ0v) is 17.2. The van der Waals surface area contributed by atoms with Crippen LogP contribution in [0.15, 0.2) is 45.8 Å². The summed E-state index contributed by atoms with van der Waals surface area (Å²) in [5.41, 5.74) is 4.90. The van der Waals surface area contributed by atoms with E-state index in [2.05, 4.69) is 38.8 Å². The van der Waals surface area contributed by atoms with Gasteiger partial charge in [0.25, 0.3) is 5.91 Å². The second kappa shape index (κ2) is 6.64. The first-order chi connectivity index (χ1) is 12.9. The highest BCUT2D eigenvalue weighted by Gasteiger charge is 2.24. The van der Waals surface area contributed by atoms with Crippen molar-refractivity contribution in [3.8, 4) is 0 Å². The SMILES string of the molecule is CCc1cc(Br)cc(C)c1NC(=O)c1cn2c3c(cccc3c1=O)C[C@H]2C. The fourth-order valence-corrected chi connectivity index (χ4v) is 4.65. The van der Waals surface area contributed by atoms with E-state index in [1.807, 2.05) is 38.1 Å². The minimum atomic E-state index is -0.352. The van der Waals surface area contributed by atoms with Crippen LogP contribution in [-0.4, -0.2) is 10.5 Å². The highest BCUT2D eigenvalue weighted by molar-refractivity contribution is 9.10. The van der Waals surface area contributed by atoms with Crippen LogP contribution in [0.25, 0.3) is 10.9 Å². The smallest absolute Gasteiger partial charge is 0.261 e. The Labute approximate surface area is 166 Å². The highest BCUT2D eigenvalue weighted by Crippen LogP contribution is 2.31. The van der Waals surface area contributed by atoms with Crippen molar-refractivity contribution in [2.24, 2.45) is 0 Å². The fraction of sp³-hybridized carbons (Fsp3) is 0.273. The van der Waals surface area contributed by atoms with E-state index < -0.39 is 0 Å². The van der Waals surface area contributed by atoms with Gasteiger partial charge in [-0.05, 0) is 61.6 Å².